The first kappa shape index (κ1) is 50.2. The van der Waals surface area contributed by atoms with Gasteiger partial charge < -0.3 is 80.2 Å². The molecule has 1 aliphatic carbocycles. The van der Waals surface area contributed by atoms with Crippen molar-refractivity contribution in [3.8, 4) is 0 Å². The number of nitrogen functional groups attached to an aromatic ring is 1. The van der Waals surface area contributed by atoms with Gasteiger partial charge in [0.2, 0.25) is 12.2 Å². The molecule has 20 heteroatoms. The van der Waals surface area contributed by atoms with Gasteiger partial charge in [0.1, 0.15) is 54.1 Å². The third kappa shape index (κ3) is 14.6. The van der Waals surface area contributed by atoms with Crippen molar-refractivity contribution in [3.05, 3.63) is 41.7 Å². The maximum atomic E-state index is 13.2. The minimum atomic E-state index is -1.67. The zero-order valence-electron chi connectivity index (χ0n) is 37.1. The lowest BCUT2D eigenvalue weighted by Gasteiger charge is -2.48. The summed E-state index contributed by atoms with van der Waals surface area (Å²) in [5, 5.41) is 53.2. The molecule has 1 saturated carbocycles. The number of likely N-dealkylation sites (N-methyl/N-ethyl adjacent to an activating group) is 1. The van der Waals surface area contributed by atoms with Gasteiger partial charge in [0.25, 0.3) is 0 Å². The number of hydrogen-bond acceptors (Lipinski definition) is 16. The molecule has 2 fully saturated rings. The van der Waals surface area contributed by atoms with Crippen molar-refractivity contribution in [2.45, 2.75) is 166 Å². The molecular weight excluding hydrogens is 814 g/mol. The van der Waals surface area contributed by atoms with Gasteiger partial charge in [-0.15, -0.1) is 0 Å². The second kappa shape index (κ2) is 21.8. The summed E-state index contributed by atoms with van der Waals surface area (Å²) in [6, 6.07) is 3.74. The molecule has 0 radical (unpaired) electrons. The Hall–Kier alpha value is -4.44. The zero-order chi connectivity index (χ0) is 46.1. The minimum absolute atomic E-state index is 0.00997. The molecule has 2 heterocycles. The predicted octanol–water partition coefficient (Wildman–Crippen LogP) is 2.15. The molecule has 62 heavy (non-hydrogen) atoms. The van der Waals surface area contributed by atoms with Gasteiger partial charge in [-0.1, -0.05) is 32.4 Å². The summed E-state index contributed by atoms with van der Waals surface area (Å²) in [5.41, 5.74) is 5.31. The lowest BCUT2D eigenvalue weighted by atomic mass is 9.79. The number of nitrogens with zero attached hydrogens (tertiary/aromatic N) is 1. The van der Waals surface area contributed by atoms with Crippen molar-refractivity contribution >= 4 is 29.9 Å². The summed E-state index contributed by atoms with van der Waals surface area (Å²) in [6.45, 7) is 13.2. The Morgan fingerprint density at radius 2 is 1.55 bits per heavy atom. The standard InChI is InChI=1S/C42H67N5O15/c1-10-11-28(48)35(52)45-27-18-22(2)33(32(51)34(27)60-37-31(50)30(29(49)21-56-37)47(9)40(55)62-42(6,7)8)59-36-26(46-39(54)61-41(3,4)5)17-16-25(58-36)19-44-38(53)57-20-23-12-14-24(43)15-13-23/h12-16,22,26-34,36-37,48-51H,10-11,17-21,43H2,1-9H3,(H,44,53)(H,45,52)(H,46,54)/t22-,26?,27+,28-,29+,30?,31+,32-,33+,34-,36+,37+/m0/s1. The molecule has 4 rings (SSSR count). The van der Waals surface area contributed by atoms with Crippen LogP contribution in [0.1, 0.15) is 86.6 Å². The molecule has 9 N–H and O–H groups in total. The van der Waals surface area contributed by atoms with E-state index in [0.29, 0.717) is 12.1 Å². The Morgan fingerprint density at radius 3 is 2.18 bits per heavy atom. The number of ether oxygens (including phenoxy) is 7. The van der Waals surface area contributed by atoms with Crippen LogP contribution >= 0.6 is 0 Å². The number of aliphatic hydroxyl groups excluding tert-OH is 4. The van der Waals surface area contributed by atoms with Crippen LogP contribution in [0.25, 0.3) is 0 Å². The van der Waals surface area contributed by atoms with Crippen LogP contribution in [0.3, 0.4) is 0 Å². The van der Waals surface area contributed by atoms with Crippen LogP contribution in [0.15, 0.2) is 36.1 Å². The van der Waals surface area contributed by atoms with Crippen LogP contribution in [0.4, 0.5) is 20.1 Å². The number of nitrogens with two attached hydrogens (primary N) is 1. The van der Waals surface area contributed by atoms with E-state index in [9.17, 15) is 39.6 Å². The van der Waals surface area contributed by atoms with Crippen molar-refractivity contribution in [2.75, 3.05) is 25.9 Å². The number of amides is 4. The van der Waals surface area contributed by atoms with Gasteiger partial charge in [0.15, 0.2) is 6.29 Å². The molecule has 20 nitrogen and oxygen atoms in total. The molecule has 2 aliphatic heterocycles. The SMILES string of the molecule is CCC[C@H](O)C(=O)N[C@@H]1C[C@H](C)[C@@H](O[C@H]2OC(CNC(=O)OCc3ccc(N)cc3)=CCC2NC(=O)OC(C)(C)C)[C@H](O)[C@H]1O[C@H]1OC[C@@H](O)C(N(C)C(=O)OC(C)(C)C)[C@H]1O. The maximum Gasteiger partial charge on any atom is 0.410 e. The summed E-state index contributed by atoms with van der Waals surface area (Å²) in [4.78, 5) is 52.8. The van der Waals surface area contributed by atoms with Gasteiger partial charge >= 0.3 is 18.3 Å². The fourth-order valence-electron chi connectivity index (χ4n) is 7.24. The van der Waals surface area contributed by atoms with E-state index in [1.807, 2.05) is 6.92 Å². The third-order valence-electron chi connectivity index (χ3n) is 10.3. The summed E-state index contributed by atoms with van der Waals surface area (Å²) in [5.74, 6) is -0.983. The second-order valence-corrected chi connectivity index (χ2v) is 18.0. The lowest BCUT2D eigenvalue weighted by Crippen LogP contribution is -2.66. The molecule has 350 valence electrons. The fraction of sp³-hybridized carbons (Fsp3) is 0.714. The number of carbonyl (C=O) groups excluding carboxylic acids is 4. The van der Waals surface area contributed by atoms with Gasteiger partial charge in [-0.25, -0.2) is 14.4 Å². The minimum Gasteiger partial charge on any atom is -0.465 e. The van der Waals surface area contributed by atoms with E-state index < -0.39 is 109 Å². The number of benzene rings is 1. The summed E-state index contributed by atoms with van der Waals surface area (Å²) in [6.07, 6.45) is -11.0. The highest BCUT2D eigenvalue weighted by Crippen LogP contribution is 2.35. The van der Waals surface area contributed by atoms with Crippen LogP contribution in [0.2, 0.25) is 0 Å². The first-order valence-corrected chi connectivity index (χ1v) is 21.0. The molecule has 0 bridgehead atoms. The summed E-state index contributed by atoms with van der Waals surface area (Å²) in [7, 11) is 1.35. The van der Waals surface area contributed by atoms with Gasteiger partial charge in [-0.2, -0.15) is 0 Å². The highest BCUT2D eigenvalue weighted by atomic mass is 16.7. The largest absolute Gasteiger partial charge is 0.465 e. The number of carbonyl (C=O) groups is 4. The normalized spacial score (nSPS) is 29.5. The van der Waals surface area contributed by atoms with Crippen LogP contribution in [-0.2, 0) is 44.6 Å². The molecule has 0 spiro atoms. The Labute approximate surface area is 362 Å². The van der Waals surface area contributed by atoms with Gasteiger partial charge in [0.05, 0.1) is 37.4 Å². The number of aliphatic hydroxyl groups is 4. The van der Waals surface area contributed by atoms with E-state index >= 15 is 0 Å². The lowest BCUT2D eigenvalue weighted by molar-refractivity contribution is -0.300. The monoisotopic (exact) mass is 881 g/mol. The van der Waals surface area contributed by atoms with Crippen LogP contribution in [-0.4, -0.2) is 148 Å². The first-order valence-electron chi connectivity index (χ1n) is 21.0. The summed E-state index contributed by atoms with van der Waals surface area (Å²) >= 11 is 0. The topological polar surface area (TPSA) is 279 Å². The Bertz CT molecular complexity index is 1680. The maximum absolute atomic E-state index is 13.2. The number of anilines is 1. The summed E-state index contributed by atoms with van der Waals surface area (Å²) < 4.78 is 41.0. The molecule has 2 unspecified atom stereocenters. The van der Waals surface area contributed by atoms with Crippen LogP contribution < -0.4 is 21.7 Å². The van der Waals surface area contributed by atoms with E-state index in [2.05, 4.69) is 16.0 Å². The molecule has 3 aliphatic rings. The van der Waals surface area contributed by atoms with E-state index in [1.165, 1.54) is 7.05 Å². The number of hydrogen-bond donors (Lipinski definition) is 8. The number of alkyl carbamates (subject to hydrolysis) is 2. The van der Waals surface area contributed by atoms with Crippen molar-refractivity contribution < 1.29 is 72.8 Å². The van der Waals surface area contributed by atoms with E-state index in [4.69, 9.17) is 38.9 Å². The average Bonchev–Trinajstić information content (AvgIpc) is 3.17. The molecule has 1 saturated heterocycles. The fourth-order valence-corrected chi connectivity index (χ4v) is 7.24. The molecule has 0 aromatic heterocycles. The van der Waals surface area contributed by atoms with E-state index in [-0.39, 0.29) is 44.8 Å². The third-order valence-corrected chi connectivity index (χ3v) is 10.3. The molecule has 4 amide bonds. The van der Waals surface area contributed by atoms with Crippen molar-refractivity contribution in [2.24, 2.45) is 5.92 Å². The Morgan fingerprint density at radius 1 is 0.903 bits per heavy atom. The van der Waals surface area contributed by atoms with Crippen molar-refractivity contribution in [3.63, 3.8) is 0 Å². The van der Waals surface area contributed by atoms with Crippen molar-refractivity contribution in [1.29, 1.82) is 0 Å². The Balaban J connectivity index is 1.56. The highest BCUT2D eigenvalue weighted by Gasteiger charge is 2.51. The van der Waals surface area contributed by atoms with Gasteiger partial charge in [-0.05, 0) is 90.5 Å². The van der Waals surface area contributed by atoms with Crippen molar-refractivity contribution in [1.82, 2.24) is 20.9 Å². The molecule has 12 atom stereocenters. The van der Waals surface area contributed by atoms with Crippen LogP contribution in [0, 0.1) is 5.92 Å². The van der Waals surface area contributed by atoms with Gasteiger partial charge in [-0.3, -0.25) is 4.79 Å². The van der Waals surface area contributed by atoms with Crippen LogP contribution in [0.5, 0.6) is 0 Å². The first-order chi connectivity index (χ1) is 29.0. The van der Waals surface area contributed by atoms with E-state index in [0.717, 1.165) is 10.5 Å². The Kier molecular flexibility index (Phi) is 17.6. The predicted molar refractivity (Wildman–Crippen MR) is 222 cm³/mol. The van der Waals surface area contributed by atoms with Gasteiger partial charge in [0, 0.05) is 12.7 Å². The quantitative estimate of drug-likeness (QED) is 0.0982. The molecule has 1 aromatic rings. The molecule has 1 aromatic carbocycles. The molecular formula is C42H67N5O15. The van der Waals surface area contributed by atoms with E-state index in [1.54, 1.807) is 78.8 Å². The number of rotatable bonds is 14. The smallest absolute Gasteiger partial charge is 0.410 e. The zero-order valence-corrected chi connectivity index (χ0v) is 37.1. The highest BCUT2D eigenvalue weighted by molar-refractivity contribution is 5.80. The second-order valence-electron chi connectivity index (χ2n) is 18.0. The number of nitrogens with one attached hydrogen (secondary N) is 3. The average molecular weight is 882 g/mol.